The van der Waals surface area contributed by atoms with Crippen LogP contribution in [0.3, 0.4) is 0 Å². The molecule has 150 valence electrons. The van der Waals surface area contributed by atoms with Gasteiger partial charge in [0.1, 0.15) is 5.69 Å². The van der Waals surface area contributed by atoms with Gasteiger partial charge in [-0.2, -0.15) is 0 Å². The van der Waals surface area contributed by atoms with Crippen molar-refractivity contribution >= 4 is 17.4 Å². The van der Waals surface area contributed by atoms with E-state index in [9.17, 15) is 13.6 Å². The van der Waals surface area contributed by atoms with E-state index in [1.54, 1.807) is 23.1 Å². The van der Waals surface area contributed by atoms with Crippen molar-refractivity contribution < 1.29 is 23.0 Å². The molecule has 3 rings (SSSR count). The van der Waals surface area contributed by atoms with Crippen molar-refractivity contribution in [3.8, 4) is 11.5 Å². The predicted octanol–water partition coefficient (Wildman–Crippen LogP) is 3.90. The third kappa shape index (κ3) is 4.44. The SMILES string of the molecule is COc1ccc(CNC(=O)Nc2cc(F)c(N3CCCC3)c(F)c2)cc1OC. The van der Waals surface area contributed by atoms with Crippen molar-refractivity contribution in [2.24, 2.45) is 0 Å². The molecule has 28 heavy (non-hydrogen) atoms. The molecule has 0 spiro atoms. The van der Waals surface area contributed by atoms with E-state index >= 15 is 0 Å². The van der Waals surface area contributed by atoms with Gasteiger partial charge in [0.15, 0.2) is 23.1 Å². The van der Waals surface area contributed by atoms with E-state index in [0.29, 0.717) is 24.6 Å². The van der Waals surface area contributed by atoms with Crippen LogP contribution in [0.15, 0.2) is 30.3 Å². The number of amides is 2. The molecule has 1 saturated heterocycles. The molecule has 2 N–H and O–H groups in total. The number of benzene rings is 2. The Morgan fingerprint density at radius 3 is 2.29 bits per heavy atom. The van der Waals surface area contributed by atoms with E-state index in [4.69, 9.17) is 9.47 Å². The Bertz CT molecular complexity index is 832. The molecular weight excluding hydrogens is 368 g/mol. The second kappa shape index (κ2) is 8.77. The van der Waals surface area contributed by atoms with Crippen LogP contribution in [0.4, 0.5) is 25.0 Å². The van der Waals surface area contributed by atoms with Crippen molar-refractivity contribution in [1.29, 1.82) is 0 Å². The van der Waals surface area contributed by atoms with Crippen LogP contribution in [0.1, 0.15) is 18.4 Å². The Labute approximate surface area is 162 Å². The van der Waals surface area contributed by atoms with Gasteiger partial charge in [-0.1, -0.05) is 6.07 Å². The number of carbonyl (C=O) groups excluding carboxylic acids is 1. The van der Waals surface area contributed by atoms with Crippen LogP contribution in [0.25, 0.3) is 0 Å². The first-order valence-corrected chi connectivity index (χ1v) is 9.01. The number of nitrogens with zero attached hydrogens (tertiary/aromatic N) is 1. The molecule has 1 fully saturated rings. The lowest BCUT2D eigenvalue weighted by atomic mass is 10.2. The molecule has 0 saturated carbocycles. The first-order valence-electron chi connectivity index (χ1n) is 9.01. The summed E-state index contributed by atoms with van der Waals surface area (Å²) in [4.78, 5) is 13.8. The van der Waals surface area contributed by atoms with Gasteiger partial charge in [0.2, 0.25) is 0 Å². The van der Waals surface area contributed by atoms with Crippen LogP contribution >= 0.6 is 0 Å². The Morgan fingerprint density at radius 2 is 1.68 bits per heavy atom. The van der Waals surface area contributed by atoms with Crippen molar-refractivity contribution in [1.82, 2.24) is 5.32 Å². The van der Waals surface area contributed by atoms with Gasteiger partial charge < -0.3 is 25.0 Å². The fourth-order valence-corrected chi connectivity index (χ4v) is 3.23. The number of urea groups is 1. The standard InChI is InChI=1S/C20H23F2N3O3/c1-27-17-6-5-13(9-18(17)28-2)12-23-20(26)24-14-10-15(21)19(16(22)11-14)25-7-3-4-8-25/h5-6,9-11H,3-4,7-8,12H2,1-2H3,(H2,23,24,26). The van der Waals surface area contributed by atoms with Crippen LogP contribution in [-0.2, 0) is 6.54 Å². The van der Waals surface area contributed by atoms with Gasteiger partial charge in [-0.3, -0.25) is 0 Å². The molecule has 1 heterocycles. The minimum Gasteiger partial charge on any atom is -0.493 e. The zero-order chi connectivity index (χ0) is 20.1. The van der Waals surface area contributed by atoms with Crippen molar-refractivity contribution in [3.05, 3.63) is 47.5 Å². The number of nitrogens with one attached hydrogen (secondary N) is 2. The highest BCUT2D eigenvalue weighted by atomic mass is 19.1. The number of methoxy groups -OCH3 is 2. The zero-order valence-electron chi connectivity index (χ0n) is 15.9. The summed E-state index contributed by atoms with van der Waals surface area (Å²) in [7, 11) is 3.06. The number of halogens is 2. The second-order valence-corrected chi connectivity index (χ2v) is 6.48. The van der Waals surface area contributed by atoms with E-state index in [2.05, 4.69) is 10.6 Å². The highest BCUT2D eigenvalue weighted by molar-refractivity contribution is 5.89. The monoisotopic (exact) mass is 391 g/mol. The van der Waals surface area contributed by atoms with Gasteiger partial charge in [0.05, 0.1) is 14.2 Å². The highest BCUT2D eigenvalue weighted by Crippen LogP contribution is 2.30. The molecule has 0 bridgehead atoms. The molecule has 6 nitrogen and oxygen atoms in total. The van der Waals surface area contributed by atoms with Gasteiger partial charge in [-0.25, -0.2) is 13.6 Å². The summed E-state index contributed by atoms with van der Waals surface area (Å²) in [5.74, 6) is -0.238. The molecule has 1 aliphatic rings. The zero-order valence-corrected chi connectivity index (χ0v) is 15.9. The number of ether oxygens (including phenoxy) is 2. The average molecular weight is 391 g/mol. The highest BCUT2D eigenvalue weighted by Gasteiger charge is 2.21. The summed E-state index contributed by atoms with van der Waals surface area (Å²) >= 11 is 0. The molecule has 0 aliphatic carbocycles. The summed E-state index contributed by atoms with van der Waals surface area (Å²) in [6.45, 7) is 1.47. The van der Waals surface area contributed by atoms with Crippen LogP contribution < -0.4 is 25.0 Å². The molecule has 1 aliphatic heterocycles. The molecule has 2 amide bonds. The van der Waals surface area contributed by atoms with E-state index in [1.807, 2.05) is 0 Å². The van der Waals surface area contributed by atoms with E-state index in [-0.39, 0.29) is 17.9 Å². The van der Waals surface area contributed by atoms with E-state index in [0.717, 1.165) is 30.5 Å². The van der Waals surface area contributed by atoms with Crippen LogP contribution in [0.2, 0.25) is 0 Å². The lowest BCUT2D eigenvalue weighted by Crippen LogP contribution is -2.28. The van der Waals surface area contributed by atoms with Crippen LogP contribution in [0, 0.1) is 11.6 Å². The van der Waals surface area contributed by atoms with Gasteiger partial charge in [-0.05, 0) is 42.7 Å². The third-order valence-electron chi connectivity index (χ3n) is 4.60. The lowest BCUT2D eigenvalue weighted by molar-refractivity contribution is 0.251. The molecule has 2 aromatic rings. The number of rotatable bonds is 6. The summed E-state index contributed by atoms with van der Waals surface area (Å²) in [6.07, 6.45) is 1.83. The van der Waals surface area contributed by atoms with Crippen LogP contribution in [0.5, 0.6) is 11.5 Å². The Morgan fingerprint density at radius 1 is 1.04 bits per heavy atom. The van der Waals surface area contributed by atoms with Crippen molar-refractivity contribution in [2.75, 3.05) is 37.5 Å². The first-order chi connectivity index (χ1) is 13.5. The third-order valence-corrected chi connectivity index (χ3v) is 4.60. The molecule has 8 heteroatoms. The average Bonchev–Trinajstić information content (AvgIpc) is 3.19. The largest absolute Gasteiger partial charge is 0.493 e. The molecule has 0 radical (unpaired) electrons. The van der Waals surface area contributed by atoms with Crippen LogP contribution in [-0.4, -0.2) is 33.3 Å². The fourth-order valence-electron chi connectivity index (χ4n) is 3.23. The summed E-state index contributed by atoms with van der Waals surface area (Å²) < 4.78 is 39.1. The number of anilines is 2. The number of hydrogen-bond donors (Lipinski definition) is 2. The Kier molecular flexibility index (Phi) is 6.18. The van der Waals surface area contributed by atoms with E-state index < -0.39 is 17.7 Å². The maximum atomic E-state index is 14.3. The quantitative estimate of drug-likeness (QED) is 0.784. The molecular formula is C20H23F2N3O3. The van der Waals surface area contributed by atoms with Gasteiger partial charge in [0.25, 0.3) is 0 Å². The smallest absolute Gasteiger partial charge is 0.319 e. The minimum atomic E-state index is -0.683. The summed E-state index contributed by atoms with van der Waals surface area (Å²) in [5, 5.41) is 5.10. The van der Waals surface area contributed by atoms with Gasteiger partial charge in [0, 0.05) is 25.3 Å². The molecule has 2 aromatic carbocycles. The molecule has 0 unspecified atom stereocenters. The minimum absolute atomic E-state index is 0.0335. The second-order valence-electron chi connectivity index (χ2n) is 6.48. The van der Waals surface area contributed by atoms with Gasteiger partial charge in [-0.15, -0.1) is 0 Å². The van der Waals surface area contributed by atoms with E-state index in [1.165, 1.54) is 14.2 Å². The topological polar surface area (TPSA) is 62.8 Å². The van der Waals surface area contributed by atoms with Gasteiger partial charge >= 0.3 is 6.03 Å². The predicted molar refractivity (Wildman–Crippen MR) is 103 cm³/mol. The fraction of sp³-hybridized carbons (Fsp3) is 0.350. The maximum Gasteiger partial charge on any atom is 0.319 e. The Balaban J connectivity index is 1.62. The summed E-state index contributed by atoms with van der Waals surface area (Å²) in [5.41, 5.74) is 0.811. The Hall–Kier alpha value is -3.03. The molecule has 0 aromatic heterocycles. The number of carbonyl (C=O) groups is 1. The normalized spacial score (nSPS) is 13.4. The lowest BCUT2D eigenvalue weighted by Gasteiger charge is -2.20. The summed E-state index contributed by atoms with van der Waals surface area (Å²) in [6, 6.07) is 6.95. The molecule has 0 atom stereocenters. The van der Waals surface area contributed by atoms with Crippen molar-refractivity contribution in [2.45, 2.75) is 19.4 Å². The first kappa shape index (κ1) is 19.7. The van der Waals surface area contributed by atoms with Crippen molar-refractivity contribution in [3.63, 3.8) is 0 Å². The number of hydrogen-bond acceptors (Lipinski definition) is 4. The maximum absolute atomic E-state index is 14.3.